The lowest BCUT2D eigenvalue weighted by Crippen LogP contribution is -2.31. The molecule has 4 rings (SSSR count). The number of ether oxygens (including phenoxy) is 1. The van der Waals surface area contributed by atoms with Gasteiger partial charge in [0.25, 0.3) is 5.91 Å². The average molecular weight is 553 g/mol. The third kappa shape index (κ3) is 6.22. The summed E-state index contributed by atoms with van der Waals surface area (Å²) in [5.74, 6) is -0.508. The number of carbonyl (C=O) groups is 2. The molecule has 0 fully saturated rings. The predicted molar refractivity (Wildman–Crippen MR) is 161 cm³/mol. The van der Waals surface area contributed by atoms with Gasteiger partial charge in [-0.2, -0.15) is 5.26 Å². The fourth-order valence-corrected chi connectivity index (χ4v) is 5.83. The molecule has 0 bridgehead atoms. The van der Waals surface area contributed by atoms with Gasteiger partial charge >= 0.3 is 0 Å². The van der Waals surface area contributed by atoms with Crippen LogP contribution in [0.1, 0.15) is 35.1 Å². The fourth-order valence-electron chi connectivity index (χ4n) is 4.93. The Kier molecular flexibility index (Phi) is 8.97. The van der Waals surface area contributed by atoms with E-state index in [1.165, 1.54) is 11.8 Å². The van der Waals surface area contributed by atoms with E-state index in [1.54, 1.807) is 26.2 Å². The second-order valence-electron chi connectivity index (χ2n) is 9.63. The van der Waals surface area contributed by atoms with Crippen molar-refractivity contribution in [2.45, 2.75) is 33.6 Å². The lowest BCUT2D eigenvalue weighted by molar-refractivity contribution is -0.114. The zero-order valence-electron chi connectivity index (χ0n) is 23.2. The van der Waals surface area contributed by atoms with E-state index in [0.717, 1.165) is 27.9 Å². The number of carbonyl (C=O) groups excluding carboxylic acids is 2. The summed E-state index contributed by atoms with van der Waals surface area (Å²) in [6.07, 6.45) is 0. The average Bonchev–Trinajstić information content (AvgIpc) is 2.94. The Morgan fingerprint density at radius 3 is 2.27 bits per heavy atom. The Balaban J connectivity index is 1.62. The highest BCUT2D eigenvalue weighted by Crippen LogP contribution is 2.41. The van der Waals surface area contributed by atoms with Crippen molar-refractivity contribution in [3.8, 4) is 11.8 Å². The maximum absolute atomic E-state index is 13.7. The second kappa shape index (κ2) is 12.6. The predicted octanol–water partition coefficient (Wildman–Crippen LogP) is 6.33. The maximum atomic E-state index is 13.7. The number of nitrogens with one attached hydrogen (secondary N) is 3. The molecule has 0 aromatic heterocycles. The van der Waals surface area contributed by atoms with E-state index in [4.69, 9.17) is 4.74 Å². The molecule has 0 unspecified atom stereocenters. The van der Waals surface area contributed by atoms with Crippen LogP contribution in [-0.4, -0.2) is 24.7 Å². The highest BCUT2D eigenvalue weighted by molar-refractivity contribution is 8.03. The maximum Gasteiger partial charge on any atom is 0.254 e. The number of methoxy groups -OCH3 is 1. The van der Waals surface area contributed by atoms with Gasteiger partial charge in [-0.1, -0.05) is 71.9 Å². The van der Waals surface area contributed by atoms with Crippen molar-refractivity contribution in [3.05, 3.63) is 111 Å². The number of thioether (sulfide) groups is 1. The molecule has 8 heteroatoms. The molecule has 3 aromatic carbocycles. The van der Waals surface area contributed by atoms with Gasteiger partial charge in [0.15, 0.2) is 0 Å². The first-order valence-corrected chi connectivity index (χ1v) is 13.8. The van der Waals surface area contributed by atoms with Gasteiger partial charge in [0.05, 0.1) is 41.1 Å². The molecule has 1 aliphatic heterocycles. The smallest absolute Gasteiger partial charge is 0.254 e. The van der Waals surface area contributed by atoms with Gasteiger partial charge in [0.2, 0.25) is 5.91 Å². The van der Waals surface area contributed by atoms with Gasteiger partial charge < -0.3 is 20.7 Å². The number of benzene rings is 3. The molecule has 3 N–H and O–H groups in total. The number of para-hydroxylation sites is 2. The molecule has 3 aromatic rings. The van der Waals surface area contributed by atoms with Gasteiger partial charge in [0, 0.05) is 17.0 Å². The Morgan fingerprint density at radius 2 is 1.62 bits per heavy atom. The molecule has 0 saturated carbocycles. The van der Waals surface area contributed by atoms with Crippen molar-refractivity contribution in [1.29, 1.82) is 5.26 Å². The number of hydrogen-bond donors (Lipinski definition) is 3. The van der Waals surface area contributed by atoms with Gasteiger partial charge in [-0.3, -0.25) is 9.59 Å². The third-order valence-electron chi connectivity index (χ3n) is 6.67. The van der Waals surface area contributed by atoms with E-state index < -0.39 is 5.92 Å². The van der Waals surface area contributed by atoms with Crippen molar-refractivity contribution in [2.24, 2.45) is 0 Å². The van der Waals surface area contributed by atoms with Crippen molar-refractivity contribution in [2.75, 3.05) is 23.5 Å². The van der Waals surface area contributed by atoms with E-state index in [1.807, 2.05) is 75.4 Å². The van der Waals surface area contributed by atoms with Crippen LogP contribution in [0.25, 0.3) is 0 Å². The number of amides is 2. The molecule has 204 valence electrons. The van der Waals surface area contributed by atoms with Crippen LogP contribution >= 0.6 is 11.8 Å². The fraction of sp³-hybridized carbons (Fsp3) is 0.219. The summed E-state index contributed by atoms with van der Waals surface area (Å²) in [5, 5.41) is 20.1. The standard InChI is InChI=1S/C32H32N4O3S/c1-19-15-20(2)30(21(3)16-19)36-27(37)18-40-32-24(17-33)29(23-11-7-6-8-12-23)28(22(4)34-32)31(38)35-25-13-9-10-14-26(25)39-5/h6-16,29,34H,18H2,1-5H3,(H,35,38)(H,36,37)/t29-/m1/s1. The highest BCUT2D eigenvalue weighted by atomic mass is 32.2. The molecule has 0 saturated heterocycles. The molecular formula is C32H32N4O3S. The summed E-state index contributed by atoms with van der Waals surface area (Å²) >= 11 is 1.25. The zero-order chi connectivity index (χ0) is 28.8. The van der Waals surface area contributed by atoms with E-state index >= 15 is 0 Å². The molecule has 7 nitrogen and oxygen atoms in total. The molecule has 1 aliphatic rings. The minimum absolute atomic E-state index is 0.0950. The van der Waals surface area contributed by atoms with Crippen molar-refractivity contribution in [1.82, 2.24) is 5.32 Å². The van der Waals surface area contributed by atoms with Crippen LogP contribution in [0.3, 0.4) is 0 Å². The first-order chi connectivity index (χ1) is 19.2. The number of rotatable bonds is 8. The number of hydrogen-bond acceptors (Lipinski definition) is 6. The molecule has 40 heavy (non-hydrogen) atoms. The van der Waals surface area contributed by atoms with E-state index in [2.05, 4.69) is 22.0 Å². The lowest BCUT2D eigenvalue weighted by atomic mass is 9.82. The third-order valence-corrected chi connectivity index (χ3v) is 7.69. The van der Waals surface area contributed by atoms with Crippen LogP contribution in [0.15, 0.2) is 88.6 Å². The molecule has 1 atom stereocenters. The lowest BCUT2D eigenvalue weighted by Gasteiger charge is -2.30. The highest BCUT2D eigenvalue weighted by Gasteiger charge is 2.35. The summed E-state index contributed by atoms with van der Waals surface area (Å²) in [6, 6.07) is 23.0. The van der Waals surface area contributed by atoms with Crippen LogP contribution in [0.2, 0.25) is 0 Å². The molecular weight excluding hydrogens is 520 g/mol. The van der Waals surface area contributed by atoms with Crippen LogP contribution < -0.4 is 20.7 Å². The summed E-state index contributed by atoms with van der Waals surface area (Å²) in [5.41, 5.74) is 6.67. The molecule has 2 amide bonds. The first kappa shape index (κ1) is 28.5. The minimum atomic E-state index is -0.616. The quantitative estimate of drug-likeness (QED) is 0.302. The van der Waals surface area contributed by atoms with Crippen LogP contribution in [0.4, 0.5) is 11.4 Å². The van der Waals surface area contributed by atoms with E-state index in [-0.39, 0.29) is 17.6 Å². The first-order valence-electron chi connectivity index (χ1n) is 12.8. The monoisotopic (exact) mass is 552 g/mol. The number of allylic oxidation sites excluding steroid dienone is 2. The van der Waals surface area contributed by atoms with Crippen LogP contribution in [0.5, 0.6) is 5.75 Å². The van der Waals surface area contributed by atoms with Gasteiger partial charge in [-0.25, -0.2) is 0 Å². The summed E-state index contributed by atoms with van der Waals surface area (Å²) in [6.45, 7) is 7.77. The van der Waals surface area contributed by atoms with Crippen molar-refractivity contribution < 1.29 is 14.3 Å². The van der Waals surface area contributed by atoms with Crippen molar-refractivity contribution >= 4 is 35.0 Å². The summed E-state index contributed by atoms with van der Waals surface area (Å²) in [4.78, 5) is 26.6. The number of dihydropyridines is 1. The van der Waals surface area contributed by atoms with Crippen LogP contribution in [-0.2, 0) is 9.59 Å². The SMILES string of the molecule is COc1ccccc1NC(=O)C1=C(C)NC(SCC(=O)Nc2c(C)cc(C)cc2C)=C(C#N)[C@H]1c1ccccc1. The van der Waals surface area contributed by atoms with Gasteiger partial charge in [0.1, 0.15) is 5.75 Å². The Hall–Kier alpha value is -4.48. The topological polar surface area (TPSA) is 103 Å². The molecule has 1 heterocycles. The second-order valence-corrected chi connectivity index (χ2v) is 10.6. The number of aryl methyl sites for hydroxylation is 3. The number of anilines is 2. The molecule has 0 aliphatic carbocycles. The number of nitrogens with zero attached hydrogens (tertiary/aromatic N) is 1. The minimum Gasteiger partial charge on any atom is -0.495 e. The summed E-state index contributed by atoms with van der Waals surface area (Å²) in [7, 11) is 1.54. The van der Waals surface area contributed by atoms with E-state index in [0.29, 0.717) is 33.3 Å². The van der Waals surface area contributed by atoms with Gasteiger partial charge in [-0.15, -0.1) is 0 Å². The zero-order valence-corrected chi connectivity index (χ0v) is 24.0. The Labute approximate surface area is 239 Å². The molecule has 0 radical (unpaired) electrons. The normalized spacial score (nSPS) is 14.8. The van der Waals surface area contributed by atoms with E-state index in [9.17, 15) is 14.9 Å². The molecule has 0 spiro atoms. The Morgan fingerprint density at radius 1 is 0.975 bits per heavy atom. The van der Waals surface area contributed by atoms with Crippen LogP contribution in [0, 0.1) is 32.1 Å². The number of nitriles is 1. The Bertz CT molecular complexity index is 1530. The largest absolute Gasteiger partial charge is 0.495 e. The van der Waals surface area contributed by atoms with Crippen molar-refractivity contribution in [3.63, 3.8) is 0 Å². The van der Waals surface area contributed by atoms with Gasteiger partial charge in [-0.05, 0) is 56.5 Å². The summed E-state index contributed by atoms with van der Waals surface area (Å²) < 4.78 is 5.40.